The maximum atomic E-state index is 12.7. The average Bonchev–Trinajstić information content (AvgIpc) is 3.14. The lowest BCUT2D eigenvalue weighted by Gasteiger charge is -2.23. The predicted octanol–water partition coefficient (Wildman–Crippen LogP) is 2.52. The molecule has 2 aromatic heterocycles. The summed E-state index contributed by atoms with van der Waals surface area (Å²) in [6, 6.07) is 7.36. The van der Waals surface area contributed by atoms with Crippen LogP contribution in [-0.2, 0) is 6.42 Å². The van der Waals surface area contributed by atoms with Crippen LogP contribution in [0.3, 0.4) is 0 Å². The van der Waals surface area contributed by atoms with Gasteiger partial charge in [-0.25, -0.2) is 4.98 Å². The standard InChI is InChI=1S/C21H26N6O3/c1-29-16-9-8-14(10-17(16)30-2)11-19-24-21(22)25-27(19)18-12-20(28)26(13-23-18)15-6-4-3-5-7-15/h8-10,12-13,15H,3-7,11H2,1-2H3,(H2,22,25). The lowest BCUT2D eigenvalue weighted by molar-refractivity contribution is 0.343. The van der Waals surface area contributed by atoms with Crippen LogP contribution < -0.4 is 20.8 Å². The van der Waals surface area contributed by atoms with Crippen LogP contribution >= 0.6 is 0 Å². The van der Waals surface area contributed by atoms with Gasteiger partial charge < -0.3 is 15.2 Å². The average molecular weight is 410 g/mol. The molecule has 0 aliphatic heterocycles. The van der Waals surface area contributed by atoms with Gasteiger partial charge in [-0.05, 0) is 30.5 Å². The maximum absolute atomic E-state index is 12.7. The van der Waals surface area contributed by atoms with Gasteiger partial charge in [0.05, 0.1) is 14.2 Å². The molecule has 2 N–H and O–H groups in total. The summed E-state index contributed by atoms with van der Waals surface area (Å²) in [6.45, 7) is 0. The largest absolute Gasteiger partial charge is 0.493 e. The molecule has 0 unspecified atom stereocenters. The Morgan fingerprint density at radius 1 is 1.10 bits per heavy atom. The van der Waals surface area contributed by atoms with Gasteiger partial charge in [0.2, 0.25) is 5.95 Å². The molecule has 1 aliphatic carbocycles. The van der Waals surface area contributed by atoms with E-state index in [-0.39, 0.29) is 17.5 Å². The lowest BCUT2D eigenvalue weighted by Crippen LogP contribution is -2.27. The van der Waals surface area contributed by atoms with Crippen molar-refractivity contribution in [3.8, 4) is 17.3 Å². The fourth-order valence-electron chi connectivity index (χ4n) is 3.98. The number of anilines is 1. The molecule has 0 atom stereocenters. The summed E-state index contributed by atoms with van der Waals surface area (Å²) in [6.07, 6.45) is 7.61. The third-order valence-corrected chi connectivity index (χ3v) is 5.51. The summed E-state index contributed by atoms with van der Waals surface area (Å²) in [4.78, 5) is 21.6. The molecule has 0 bridgehead atoms. The summed E-state index contributed by atoms with van der Waals surface area (Å²) in [5, 5.41) is 4.25. The normalized spacial score (nSPS) is 14.6. The molecule has 0 radical (unpaired) electrons. The topological polar surface area (TPSA) is 110 Å². The third-order valence-electron chi connectivity index (χ3n) is 5.51. The van der Waals surface area contributed by atoms with E-state index in [0.29, 0.717) is 29.6 Å². The van der Waals surface area contributed by atoms with Crippen LogP contribution in [-0.4, -0.2) is 38.5 Å². The van der Waals surface area contributed by atoms with Gasteiger partial charge in [0.1, 0.15) is 12.2 Å². The number of methoxy groups -OCH3 is 2. The molecule has 3 aromatic rings. The molecule has 30 heavy (non-hydrogen) atoms. The van der Waals surface area contributed by atoms with Crippen LogP contribution in [0, 0.1) is 0 Å². The van der Waals surface area contributed by atoms with Gasteiger partial charge in [0, 0.05) is 18.5 Å². The van der Waals surface area contributed by atoms with Gasteiger partial charge in [0.25, 0.3) is 5.56 Å². The number of hydrogen-bond donors (Lipinski definition) is 1. The minimum absolute atomic E-state index is 0.0851. The third kappa shape index (κ3) is 4.00. The Balaban J connectivity index is 1.63. The van der Waals surface area contributed by atoms with Crippen molar-refractivity contribution in [1.29, 1.82) is 0 Å². The first-order valence-electron chi connectivity index (χ1n) is 10.1. The minimum atomic E-state index is -0.0851. The van der Waals surface area contributed by atoms with Crippen molar-refractivity contribution >= 4 is 5.95 Å². The second-order valence-corrected chi connectivity index (χ2v) is 7.45. The Labute approximate surface area is 174 Å². The van der Waals surface area contributed by atoms with Crippen LogP contribution in [0.5, 0.6) is 11.5 Å². The number of hydrogen-bond acceptors (Lipinski definition) is 7. The quantitative estimate of drug-likeness (QED) is 0.665. The summed E-state index contributed by atoms with van der Waals surface area (Å²) in [5.41, 5.74) is 6.71. The molecule has 0 spiro atoms. The molecular formula is C21H26N6O3. The molecule has 9 nitrogen and oxygen atoms in total. The van der Waals surface area contributed by atoms with Gasteiger partial charge in [-0.3, -0.25) is 9.36 Å². The van der Waals surface area contributed by atoms with Crippen LogP contribution in [0.4, 0.5) is 5.95 Å². The van der Waals surface area contributed by atoms with Gasteiger partial charge >= 0.3 is 0 Å². The van der Waals surface area contributed by atoms with Gasteiger partial charge in [-0.2, -0.15) is 9.67 Å². The number of ether oxygens (including phenoxy) is 2. The highest BCUT2D eigenvalue weighted by Gasteiger charge is 2.18. The maximum Gasteiger partial charge on any atom is 0.255 e. The molecule has 0 amide bonds. The number of aromatic nitrogens is 5. The van der Waals surface area contributed by atoms with E-state index in [0.717, 1.165) is 31.2 Å². The van der Waals surface area contributed by atoms with E-state index in [1.807, 2.05) is 18.2 Å². The van der Waals surface area contributed by atoms with E-state index in [2.05, 4.69) is 15.1 Å². The van der Waals surface area contributed by atoms with Crippen molar-refractivity contribution in [3.63, 3.8) is 0 Å². The number of nitrogens with zero attached hydrogens (tertiary/aromatic N) is 5. The first kappa shape index (κ1) is 19.9. The first-order chi connectivity index (χ1) is 14.6. The number of nitrogens with two attached hydrogens (primary N) is 1. The highest BCUT2D eigenvalue weighted by Crippen LogP contribution is 2.29. The minimum Gasteiger partial charge on any atom is -0.493 e. The Hall–Kier alpha value is -3.36. The van der Waals surface area contributed by atoms with Gasteiger partial charge in [-0.15, -0.1) is 5.10 Å². The Bertz CT molecular complexity index is 1080. The van der Waals surface area contributed by atoms with Crippen LogP contribution in [0.15, 0.2) is 35.4 Å². The zero-order valence-electron chi connectivity index (χ0n) is 17.2. The van der Waals surface area contributed by atoms with E-state index < -0.39 is 0 Å². The van der Waals surface area contributed by atoms with Crippen molar-refractivity contribution < 1.29 is 9.47 Å². The van der Waals surface area contributed by atoms with E-state index >= 15 is 0 Å². The second kappa shape index (κ2) is 8.56. The number of rotatable bonds is 6. The number of nitrogen functional groups attached to an aromatic ring is 1. The SMILES string of the molecule is COc1ccc(Cc2nc(N)nn2-c2cc(=O)n(C3CCCCC3)cn2)cc1OC. The second-order valence-electron chi connectivity index (χ2n) is 7.45. The zero-order valence-corrected chi connectivity index (χ0v) is 17.2. The highest BCUT2D eigenvalue weighted by atomic mass is 16.5. The fourth-order valence-corrected chi connectivity index (χ4v) is 3.98. The van der Waals surface area contributed by atoms with Crippen molar-refractivity contribution in [3.05, 3.63) is 52.3 Å². The van der Waals surface area contributed by atoms with E-state index in [4.69, 9.17) is 15.2 Å². The predicted molar refractivity (Wildman–Crippen MR) is 112 cm³/mol. The van der Waals surface area contributed by atoms with Crippen molar-refractivity contribution in [1.82, 2.24) is 24.3 Å². The smallest absolute Gasteiger partial charge is 0.255 e. The Morgan fingerprint density at radius 3 is 2.57 bits per heavy atom. The molecular weight excluding hydrogens is 384 g/mol. The van der Waals surface area contributed by atoms with Crippen molar-refractivity contribution in [2.45, 2.75) is 44.6 Å². The van der Waals surface area contributed by atoms with E-state index in [1.54, 1.807) is 25.1 Å². The summed E-state index contributed by atoms with van der Waals surface area (Å²) in [5.74, 6) is 2.40. The summed E-state index contributed by atoms with van der Waals surface area (Å²) < 4.78 is 13.9. The van der Waals surface area contributed by atoms with Crippen molar-refractivity contribution in [2.24, 2.45) is 0 Å². The van der Waals surface area contributed by atoms with Crippen LogP contribution in [0.2, 0.25) is 0 Å². The molecule has 1 fully saturated rings. The number of benzene rings is 1. The van der Waals surface area contributed by atoms with Crippen molar-refractivity contribution in [2.75, 3.05) is 20.0 Å². The molecule has 4 rings (SSSR count). The van der Waals surface area contributed by atoms with E-state index in [1.165, 1.54) is 17.2 Å². The van der Waals surface area contributed by atoms with Crippen LogP contribution in [0.1, 0.15) is 49.5 Å². The molecule has 1 aliphatic rings. The zero-order chi connectivity index (χ0) is 21.1. The molecule has 1 aromatic carbocycles. The van der Waals surface area contributed by atoms with Crippen LogP contribution in [0.25, 0.3) is 5.82 Å². The lowest BCUT2D eigenvalue weighted by atomic mass is 9.95. The summed E-state index contributed by atoms with van der Waals surface area (Å²) >= 11 is 0. The van der Waals surface area contributed by atoms with Gasteiger partial charge in [-0.1, -0.05) is 25.3 Å². The highest BCUT2D eigenvalue weighted by molar-refractivity contribution is 5.44. The molecule has 2 heterocycles. The first-order valence-corrected chi connectivity index (χ1v) is 10.1. The fraction of sp³-hybridized carbons (Fsp3) is 0.429. The van der Waals surface area contributed by atoms with E-state index in [9.17, 15) is 4.79 Å². The molecule has 1 saturated carbocycles. The Kier molecular flexibility index (Phi) is 5.69. The molecule has 0 saturated heterocycles. The monoisotopic (exact) mass is 410 g/mol. The molecule has 9 heteroatoms. The summed E-state index contributed by atoms with van der Waals surface area (Å²) in [7, 11) is 3.18. The Morgan fingerprint density at radius 2 is 1.87 bits per heavy atom. The van der Waals surface area contributed by atoms with Gasteiger partial charge in [0.15, 0.2) is 17.3 Å². The molecule has 158 valence electrons.